The Morgan fingerprint density at radius 2 is 1.09 bits per heavy atom. The summed E-state index contributed by atoms with van der Waals surface area (Å²) < 4.78 is 33.1. The molecule has 0 unspecified atom stereocenters. The number of carbonyl (C=O) groups is 1. The lowest BCUT2D eigenvalue weighted by Gasteiger charge is -2.42. The van der Waals surface area contributed by atoms with Crippen molar-refractivity contribution in [3.63, 3.8) is 0 Å². The molecule has 53 heavy (non-hydrogen) atoms. The molecule has 280 valence electrons. The number of amides is 1. The van der Waals surface area contributed by atoms with Gasteiger partial charge >= 0.3 is 0 Å². The van der Waals surface area contributed by atoms with Gasteiger partial charge in [0, 0.05) is 56.3 Å². The van der Waals surface area contributed by atoms with Gasteiger partial charge in [-0.15, -0.1) is 0 Å². The third-order valence-electron chi connectivity index (χ3n) is 11.2. The quantitative estimate of drug-likeness (QED) is 0.211. The third kappa shape index (κ3) is 6.68. The average molecular weight is 723 g/mol. The van der Waals surface area contributed by atoms with E-state index < -0.39 is 0 Å². The molecule has 0 radical (unpaired) electrons. The third-order valence-corrected chi connectivity index (χ3v) is 11.2. The molecule has 4 aliphatic heterocycles. The number of methoxy groups -OCH3 is 6. The highest BCUT2D eigenvalue weighted by molar-refractivity contribution is 5.90. The molecule has 11 heteroatoms. The van der Waals surface area contributed by atoms with Gasteiger partial charge in [-0.3, -0.25) is 14.6 Å². The van der Waals surface area contributed by atoms with E-state index in [2.05, 4.69) is 51.5 Å². The number of ether oxygens (including phenoxy) is 6. The monoisotopic (exact) mass is 722 g/mol. The SMILES string of the molecule is COc1cc2c(cc1N)[C@@H]1Cc3ccc(OC)c(OC)c3CN1CC2.COc1cc2c(cc1NC(C)=O)[C@@H]1Cc3ccc(OC)c(OC)c3CN1CC2. The van der Waals surface area contributed by atoms with E-state index in [-0.39, 0.29) is 11.9 Å². The minimum atomic E-state index is -0.100. The maximum Gasteiger partial charge on any atom is 0.221 e. The van der Waals surface area contributed by atoms with Crippen molar-refractivity contribution >= 4 is 17.3 Å². The van der Waals surface area contributed by atoms with Crippen LogP contribution in [0.1, 0.15) is 63.5 Å². The van der Waals surface area contributed by atoms with E-state index in [0.717, 1.165) is 86.3 Å². The molecule has 0 saturated carbocycles. The molecule has 0 aliphatic carbocycles. The summed E-state index contributed by atoms with van der Waals surface area (Å²) in [5.74, 6) is 4.65. The number of rotatable bonds is 7. The molecule has 3 N–H and O–H groups in total. The van der Waals surface area contributed by atoms with Gasteiger partial charge in [-0.2, -0.15) is 0 Å². The molecule has 0 bridgehead atoms. The first kappa shape index (κ1) is 36.2. The number of hydrogen-bond acceptors (Lipinski definition) is 10. The highest BCUT2D eigenvalue weighted by Crippen LogP contribution is 2.47. The maximum absolute atomic E-state index is 11.6. The molecule has 11 nitrogen and oxygen atoms in total. The second-order valence-corrected chi connectivity index (χ2v) is 14.0. The van der Waals surface area contributed by atoms with Gasteiger partial charge in [0.05, 0.1) is 54.0 Å². The van der Waals surface area contributed by atoms with Gasteiger partial charge in [-0.05, 0) is 95.5 Å². The number of nitrogens with two attached hydrogens (primary N) is 1. The Bertz CT molecular complexity index is 2030. The van der Waals surface area contributed by atoms with Gasteiger partial charge in [-0.1, -0.05) is 12.1 Å². The van der Waals surface area contributed by atoms with Crippen molar-refractivity contribution in [2.24, 2.45) is 0 Å². The summed E-state index contributed by atoms with van der Waals surface area (Å²) in [5.41, 5.74) is 17.9. The van der Waals surface area contributed by atoms with Crippen LogP contribution in [-0.4, -0.2) is 71.5 Å². The lowest BCUT2D eigenvalue weighted by atomic mass is 9.83. The Balaban J connectivity index is 0.000000165. The number of anilines is 2. The highest BCUT2D eigenvalue weighted by Gasteiger charge is 2.36. The van der Waals surface area contributed by atoms with Crippen molar-refractivity contribution in [2.75, 3.05) is 66.8 Å². The van der Waals surface area contributed by atoms with Crippen LogP contribution in [0.25, 0.3) is 0 Å². The van der Waals surface area contributed by atoms with Crippen molar-refractivity contribution < 1.29 is 33.2 Å². The minimum Gasteiger partial charge on any atom is -0.495 e. The van der Waals surface area contributed by atoms with Crippen molar-refractivity contribution in [3.8, 4) is 34.5 Å². The Morgan fingerprint density at radius 3 is 1.55 bits per heavy atom. The summed E-state index contributed by atoms with van der Waals surface area (Å²) in [6, 6.07) is 17.3. The highest BCUT2D eigenvalue weighted by atomic mass is 16.5. The zero-order valence-corrected chi connectivity index (χ0v) is 31.8. The summed E-state index contributed by atoms with van der Waals surface area (Å²) in [6.07, 6.45) is 3.80. The van der Waals surface area contributed by atoms with Gasteiger partial charge in [-0.25, -0.2) is 0 Å². The first-order valence-corrected chi connectivity index (χ1v) is 18.1. The molecule has 0 fully saturated rings. The Kier molecular flexibility index (Phi) is 10.3. The Morgan fingerprint density at radius 1 is 0.623 bits per heavy atom. The van der Waals surface area contributed by atoms with E-state index >= 15 is 0 Å². The Hall–Kier alpha value is -5.13. The average Bonchev–Trinajstić information content (AvgIpc) is 3.17. The van der Waals surface area contributed by atoms with Crippen molar-refractivity contribution in [1.29, 1.82) is 0 Å². The first-order valence-electron chi connectivity index (χ1n) is 18.1. The van der Waals surface area contributed by atoms with Gasteiger partial charge in [0.2, 0.25) is 5.91 Å². The number of hydrogen-bond donors (Lipinski definition) is 2. The fourth-order valence-corrected chi connectivity index (χ4v) is 8.69. The molecule has 4 aliphatic rings. The van der Waals surface area contributed by atoms with E-state index in [4.69, 9.17) is 34.2 Å². The summed E-state index contributed by atoms with van der Waals surface area (Å²) in [7, 11) is 10.1. The molecular weight excluding hydrogens is 672 g/mol. The fourth-order valence-electron chi connectivity index (χ4n) is 8.69. The number of carbonyl (C=O) groups excluding carboxylic acids is 1. The van der Waals surface area contributed by atoms with E-state index in [1.54, 1.807) is 42.7 Å². The standard InChI is InChI=1S/C22H26N2O4.C20H24N2O3/c1-13(25)23-18-11-16-15(10-21(18)27-3)7-8-24-12-17-14(9-19(16)24)5-6-20(26-2)22(17)28-4;1-23-18-5-4-12-8-17-14-10-16(21)19(24-2)9-13(14)6-7-22(17)11-15(12)20(18)25-3/h5-6,10-11,19H,7-9,12H2,1-4H3,(H,23,25);4-5,9-10,17H,6-8,11,21H2,1-3H3/t19-;17-/m00/s1. The van der Waals surface area contributed by atoms with Gasteiger partial charge in [0.15, 0.2) is 23.0 Å². The molecule has 8 rings (SSSR count). The smallest absolute Gasteiger partial charge is 0.221 e. The lowest BCUT2D eigenvalue weighted by molar-refractivity contribution is -0.114. The molecule has 4 aromatic rings. The molecule has 0 spiro atoms. The predicted octanol–water partition coefficient (Wildman–Crippen LogP) is 6.28. The fraction of sp³-hybridized carbons (Fsp3) is 0.405. The lowest BCUT2D eigenvalue weighted by Crippen LogP contribution is -2.39. The molecule has 4 heterocycles. The second-order valence-electron chi connectivity index (χ2n) is 14.0. The van der Waals surface area contributed by atoms with Crippen LogP contribution < -0.4 is 39.5 Å². The maximum atomic E-state index is 11.6. The molecular formula is C42H50N4O7. The van der Waals surface area contributed by atoms with Crippen LogP contribution in [0.4, 0.5) is 11.4 Å². The predicted molar refractivity (Wildman–Crippen MR) is 205 cm³/mol. The second kappa shape index (κ2) is 15.1. The van der Waals surface area contributed by atoms with Crippen LogP contribution >= 0.6 is 0 Å². The number of nitrogens with zero attached hydrogens (tertiary/aromatic N) is 2. The van der Waals surface area contributed by atoms with Crippen LogP contribution in [0.5, 0.6) is 34.5 Å². The minimum absolute atomic E-state index is 0.100. The number of fused-ring (bicyclic) bond motifs is 8. The van der Waals surface area contributed by atoms with Gasteiger partial charge in [0.1, 0.15) is 11.5 Å². The van der Waals surface area contributed by atoms with Crippen molar-refractivity contribution in [3.05, 3.63) is 93.0 Å². The van der Waals surface area contributed by atoms with Crippen molar-refractivity contribution in [2.45, 2.75) is 57.8 Å². The first-order chi connectivity index (χ1) is 25.7. The number of benzene rings is 4. The summed E-state index contributed by atoms with van der Waals surface area (Å²) in [6.45, 7) is 5.19. The van der Waals surface area contributed by atoms with Crippen LogP contribution in [0.3, 0.4) is 0 Å². The van der Waals surface area contributed by atoms with E-state index in [1.807, 2.05) is 12.1 Å². The Labute approximate surface area is 311 Å². The molecule has 0 aromatic heterocycles. The summed E-state index contributed by atoms with van der Waals surface area (Å²) in [4.78, 5) is 16.6. The van der Waals surface area contributed by atoms with E-state index in [0.29, 0.717) is 17.5 Å². The summed E-state index contributed by atoms with van der Waals surface area (Å²) >= 11 is 0. The number of nitrogen functional groups attached to an aromatic ring is 1. The molecule has 4 aromatic carbocycles. The van der Waals surface area contributed by atoms with E-state index in [1.165, 1.54) is 51.4 Å². The van der Waals surface area contributed by atoms with Crippen LogP contribution in [0.2, 0.25) is 0 Å². The molecule has 1 amide bonds. The zero-order chi connectivity index (χ0) is 37.4. The van der Waals surface area contributed by atoms with E-state index in [9.17, 15) is 4.79 Å². The van der Waals surface area contributed by atoms with Gasteiger partial charge < -0.3 is 39.5 Å². The largest absolute Gasteiger partial charge is 0.495 e. The summed E-state index contributed by atoms with van der Waals surface area (Å²) in [5, 5.41) is 2.90. The van der Waals surface area contributed by atoms with Crippen molar-refractivity contribution in [1.82, 2.24) is 9.80 Å². The zero-order valence-electron chi connectivity index (χ0n) is 31.8. The normalized spacial score (nSPS) is 18.2. The number of nitrogens with one attached hydrogen (secondary N) is 1. The van der Waals surface area contributed by atoms with Gasteiger partial charge in [0.25, 0.3) is 0 Å². The topological polar surface area (TPSA) is 117 Å². The van der Waals surface area contributed by atoms with Crippen LogP contribution in [0.15, 0.2) is 48.5 Å². The molecule has 0 saturated heterocycles. The van der Waals surface area contributed by atoms with Crippen LogP contribution in [-0.2, 0) is 43.6 Å². The van der Waals surface area contributed by atoms with Crippen LogP contribution in [0, 0.1) is 0 Å². The molecule has 2 atom stereocenters.